The van der Waals surface area contributed by atoms with Gasteiger partial charge in [0.25, 0.3) is 0 Å². The Kier molecular flexibility index (Phi) is 7.47. The standard InChI is InChI=1S/C25H27F4N5O/c1-17-30-32-34(31-17)16-21-15-22(25(27,28)29)8-6-19(21)7-9-24(35)33-12-10-18(11-13-33)14-20-4-2-3-5-23(20)26/h2-6,8,15,18H,7,9-14,16H2,1H3. The smallest absolute Gasteiger partial charge is 0.343 e. The summed E-state index contributed by atoms with van der Waals surface area (Å²) in [5.41, 5.74) is 1.00. The van der Waals surface area contributed by atoms with Crippen molar-refractivity contribution in [3.63, 3.8) is 0 Å². The van der Waals surface area contributed by atoms with Crippen molar-refractivity contribution in [2.24, 2.45) is 5.92 Å². The summed E-state index contributed by atoms with van der Waals surface area (Å²) in [4.78, 5) is 15.9. The van der Waals surface area contributed by atoms with Gasteiger partial charge in [-0.2, -0.15) is 18.0 Å². The number of aryl methyl sites for hydroxylation is 2. The maximum atomic E-state index is 13.9. The molecule has 0 unspecified atom stereocenters. The number of amides is 1. The van der Waals surface area contributed by atoms with Crippen LogP contribution in [0, 0.1) is 18.7 Å². The molecule has 2 aromatic carbocycles. The number of tetrazole rings is 1. The minimum absolute atomic E-state index is 0.0325. The Morgan fingerprint density at radius 2 is 1.80 bits per heavy atom. The van der Waals surface area contributed by atoms with Crippen molar-refractivity contribution in [2.45, 2.75) is 51.7 Å². The number of hydrogen-bond donors (Lipinski definition) is 0. The normalized spacial score (nSPS) is 14.9. The molecule has 1 fully saturated rings. The quantitative estimate of drug-likeness (QED) is 0.455. The van der Waals surface area contributed by atoms with Gasteiger partial charge in [-0.05, 0) is 78.6 Å². The molecule has 35 heavy (non-hydrogen) atoms. The monoisotopic (exact) mass is 489 g/mol. The van der Waals surface area contributed by atoms with Crippen LogP contribution in [-0.2, 0) is 30.4 Å². The van der Waals surface area contributed by atoms with Crippen LogP contribution in [0.5, 0.6) is 0 Å². The van der Waals surface area contributed by atoms with Gasteiger partial charge in [0, 0.05) is 19.5 Å². The third-order valence-electron chi connectivity index (χ3n) is 6.44. The van der Waals surface area contributed by atoms with E-state index in [1.807, 2.05) is 6.07 Å². The molecule has 1 aromatic heterocycles. The van der Waals surface area contributed by atoms with Crippen molar-refractivity contribution < 1.29 is 22.4 Å². The van der Waals surface area contributed by atoms with E-state index in [0.29, 0.717) is 54.4 Å². The molecule has 10 heteroatoms. The van der Waals surface area contributed by atoms with E-state index >= 15 is 0 Å². The topological polar surface area (TPSA) is 63.9 Å². The third kappa shape index (κ3) is 6.43. The first-order valence-electron chi connectivity index (χ1n) is 11.6. The van der Waals surface area contributed by atoms with Gasteiger partial charge in [-0.25, -0.2) is 4.39 Å². The first-order valence-corrected chi connectivity index (χ1v) is 11.6. The van der Waals surface area contributed by atoms with E-state index in [-0.39, 0.29) is 24.7 Å². The van der Waals surface area contributed by atoms with Crippen molar-refractivity contribution in [1.29, 1.82) is 0 Å². The van der Waals surface area contributed by atoms with Crippen LogP contribution in [0.1, 0.15) is 47.3 Å². The highest BCUT2D eigenvalue weighted by molar-refractivity contribution is 5.76. The molecule has 0 bridgehead atoms. The summed E-state index contributed by atoms with van der Waals surface area (Å²) >= 11 is 0. The maximum Gasteiger partial charge on any atom is 0.416 e. The summed E-state index contributed by atoms with van der Waals surface area (Å²) in [6.07, 6.45) is -1.72. The molecular formula is C25H27F4N5O. The molecule has 0 spiro atoms. The van der Waals surface area contributed by atoms with Crippen LogP contribution in [0.25, 0.3) is 0 Å². The van der Waals surface area contributed by atoms with Crippen LogP contribution in [0.15, 0.2) is 42.5 Å². The Morgan fingerprint density at radius 3 is 2.46 bits per heavy atom. The zero-order valence-electron chi connectivity index (χ0n) is 19.4. The lowest BCUT2D eigenvalue weighted by Gasteiger charge is -2.32. The predicted octanol–water partition coefficient (Wildman–Crippen LogP) is 4.60. The lowest BCUT2D eigenvalue weighted by atomic mass is 9.89. The van der Waals surface area contributed by atoms with Crippen molar-refractivity contribution >= 4 is 5.91 Å². The molecule has 6 nitrogen and oxygen atoms in total. The zero-order valence-corrected chi connectivity index (χ0v) is 19.4. The number of likely N-dealkylation sites (tertiary alicyclic amines) is 1. The first-order chi connectivity index (χ1) is 16.7. The Labute approximate surface area is 200 Å². The molecule has 4 rings (SSSR count). The number of piperidine rings is 1. The van der Waals surface area contributed by atoms with Gasteiger partial charge in [0.15, 0.2) is 5.82 Å². The highest BCUT2D eigenvalue weighted by Crippen LogP contribution is 2.31. The lowest BCUT2D eigenvalue weighted by molar-refractivity contribution is -0.137. The van der Waals surface area contributed by atoms with Gasteiger partial charge in [-0.15, -0.1) is 10.2 Å². The summed E-state index contributed by atoms with van der Waals surface area (Å²) in [5, 5.41) is 11.7. The number of carbonyl (C=O) groups is 1. The Hall–Kier alpha value is -3.30. The van der Waals surface area contributed by atoms with E-state index in [1.165, 1.54) is 16.9 Å². The highest BCUT2D eigenvalue weighted by atomic mass is 19.4. The number of rotatable bonds is 7. The number of alkyl halides is 3. The molecule has 1 aliphatic rings. The van der Waals surface area contributed by atoms with Gasteiger partial charge < -0.3 is 4.90 Å². The highest BCUT2D eigenvalue weighted by Gasteiger charge is 2.31. The molecule has 1 saturated heterocycles. The second-order valence-corrected chi connectivity index (χ2v) is 8.97. The van der Waals surface area contributed by atoms with E-state index in [1.54, 1.807) is 24.0 Å². The van der Waals surface area contributed by atoms with Crippen LogP contribution in [0.4, 0.5) is 17.6 Å². The molecule has 0 aliphatic carbocycles. The number of halogens is 4. The fourth-order valence-electron chi connectivity index (χ4n) is 4.50. The van der Waals surface area contributed by atoms with Crippen LogP contribution in [0.2, 0.25) is 0 Å². The number of nitrogens with zero attached hydrogens (tertiary/aromatic N) is 5. The van der Waals surface area contributed by atoms with Crippen molar-refractivity contribution in [1.82, 2.24) is 25.1 Å². The van der Waals surface area contributed by atoms with E-state index in [9.17, 15) is 22.4 Å². The number of aromatic nitrogens is 4. The molecule has 3 aromatic rings. The molecule has 1 amide bonds. The fraction of sp³-hybridized carbons (Fsp3) is 0.440. The van der Waals surface area contributed by atoms with Crippen LogP contribution in [-0.4, -0.2) is 44.1 Å². The minimum atomic E-state index is -4.47. The molecular weight excluding hydrogens is 462 g/mol. The van der Waals surface area contributed by atoms with E-state index < -0.39 is 11.7 Å². The SMILES string of the molecule is Cc1nnn(Cc2cc(C(F)(F)F)ccc2CCC(=O)N2CCC(Cc3ccccc3F)CC2)n1. The van der Waals surface area contributed by atoms with Crippen LogP contribution >= 0.6 is 0 Å². The Morgan fingerprint density at radius 1 is 1.06 bits per heavy atom. The summed E-state index contributed by atoms with van der Waals surface area (Å²) in [7, 11) is 0. The molecule has 0 atom stereocenters. The van der Waals surface area contributed by atoms with Gasteiger partial charge in [0.05, 0.1) is 12.1 Å². The number of benzene rings is 2. The summed E-state index contributed by atoms with van der Waals surface area (Å²) in [6.45, 7) is 2.88. The average molecular weight is 490 g/mol. The predicted molar refractivity (Wildman–Crippen MR) is 121 cm³/mol. The molecule has 0 N–H and O–H groups in total. The Balaban J connectivity index is 1.36. The molecule has 2 heterocycles. The van der Waals surface area contributed by atoms with E-state index in [4.69, 9.17) is 0 Å². The fourth-order valence-corrected chi connectivity index (χ4v) is 4.50. The Bertz CT molecular complexity index is 1170. The first kappa shape index (κ1) is 24.8. The summed E-state index contributed by atoms with van der Waals surface area (Å²) < 4.78 is 53.7. The summed E-state index contributed by atoms with van der Waals surface area (Å²) in [6, 6.07) is 10.3. The summed E-state index contributed by atoms with van der Waals surface area (Å²) in [5.74, 6) is 0.507. The average Bonchev–Trinajstić information content (AvgIpc) is 3.24. The van der Waals surface area contributed by atoms with Crippen molar-refractivity contribution in [3.8, 4) is 0 Å². The number of carbonyl (C=O) groups excluding carboxylic acids is 1. The molecule has 1 aliphatic heterocycles. The van der Waals surface area contributed by atoms with Gasteiger partial charge in [-0.3, -0.25) is 4.79 Å². The van der Waals surface area contributed by atoms with Crippen molar-refractivity contribution in [3.05, 3.63) is 76.4 Å². The van der Waals surface area contributed by atoms with Crippen LogP contribution < -0.4 is 0 Å². The van der Waals surface area contributed by atoms with Gasteiger partial charge in [0.2, 0.25) is 5.91 Å². The second kappa shape index (κ2) is 10.5. The minimum Gasteiger partial charge on any atom is -0.343 e. The zero-order chi connectivity index (χ0) is 25.0. The number of hydrogen-bond acceptors (Lipinski definition) is 4. The van der Waals surface area contributed by atoms with Gasteiger partial charge in [0.1, 0.15) is 5.82 Å². The van der Waals surface area contributed by atoms with Crippen LogP contribution in [0.3, 0.4) is 0 Å². The molecule has 0 radical (unpaired) electrons. The van der Waals surface area contributed by atoms with E-state index in [0.717, 1.165) is 25.0 Å². The molecule has 186 valence electrons. The van der Waals surface area contributed by atoms with Gasteiger partial charge in [-0.1, -0.05) is 24.3 Å². The van der Waals surface area contributed by atoms with Gasteiger partial charge >= 0.3 is 6.18 Å². The lowest BCUT2D eigenvalue weighted by Crippen LogP contribution is -2.39. The van der Waals surface area contributed by atoms with Crippen molar-refractivity contribution in [2.75, 3.05) is 13.1 Å². The second-order valence-electron chi connectivity index (χ2n) is 8.97. The molecule has 0 saturated carbocycles. The van der Waals surface area contributed by atoms with E-state index in [2.05, 4.69) is 15.4 Å². The maximum absolute atomic E-state index is 13.9. The third-order valence-corrected chi connectivity index (χ3v) is 6.44. The largest absolute Gasteiger partial charge is 0.416 e.